The lowest BCUT2D eigenvalue weighted by Crippen LogP contribution is -2.27. The minimum Gasteiger partial charge on any atom is -0.259 e. The monoisotopic (exact) mass is 402 g/mol. The van der Waals surface area contributed by atoms with Gasteiger partial charge in [-0.15, -0.1) is 0 Å². The van der Waals surface area contributed by atoms with E-state index in [0.29, 0.717) is 0 Å². The Balaban J connectivity index is -0.000000278. The molecule has 0 saturated carbocycles. The van der Waals surface area contributed by atoms with E-state index in [1.54, 1.807) is 6.26 Å². The molecular weight excluding hydrogens is 360 g/mol. The Hall–Kier alpha value is 0.450. The predicted molar refractivity (Wildman–Crippen MR) is 115 cm³/mol. The fraction of sp³-hybridized carbons (Fsp3) is 1.00. The summed E-state index contributed by atoms with van der Waals surface area (Å²) in [6.07, 6.45) is 1.72. The number of rotatable bonds is 2. The molecule has 0 N–H and O–H groups in total. The summed E-state index contributed by atoms with van der Waals surface area (Å²) in [6.45, 7) is 23.8. The highest BCUT2D eigenvalue weighted by Crippen LogP contribution is 2.14. The lowest BCUT2D eigenvalue weighted by atomic mass is 10.3. The van der Waals surface area contributed by atoms with Gasteiger partial charge >= 0.3 is 0 Å². The molecule has 24 heavy (non-hydrogen) atoms. The molecule has 0 aliphatic rings. The zero-order chi connectivity index (χ0) is 20.5. The molecule has 0 aliphatic carbocycles. The van der Waals surface area contributed by atoms with Crippen LogP contribution in [0.15, 0.2) is 0 Å². The van der Waals surface area contributed by atoms with Crippen molar-refractivity contribution in [3.05, 3.63) is 0 Å². The van der Waals surface area contributed by atoms with Crippen LogP contribution < -0.4 is 0 Å². The maximum absolute atomic E-state index is 11.3. The van der Waals surface area contributed by atoms with Crippen molar-refractivity contribution in [2.75, 3.05) is 12.0 Å². The van der Waals surface area contributed by atoms with Crippen LogP contribution in [0.5, 0.6) is 0 Å². The summed E-state index contributed by atoms with van der Waals surface area (Å²) in [5.74, 6) is 0.767. The Kier molecular flexibility index (Phi) is 14.5. The second-order valence-electron chi connectivity index (χ2n) is 8.77. The first-order chi connectivity index (χ1) is 10.3. The standard InChI is InChI=1S/C7H16OS.C6H14OS.C5H12OS/c1-6(2)9(8)7(3,4)5;1-5-8(7)6(2,3)4;1-5(2,3)7(4)6/h6H,1-5H3;5H2,1-4H3;1-4H3. The van der Waals surface area contributed by atoms with Crippen LogP contribution in [-0.4, -0.2) is 44.1 Å². The fourth-order valence-corrected chi connectivity index (χ4v) is 3.42. The van der Waals surface area contributed by atoms with Gasteiger partial charge in [0.25, 0.3) is 0 Å². The van der Waals surface area contributed by atoms with Gasteiger partial charge in [0.2, 0.25) is 0 Å². The van der Waals surface area contributed by atoms with E-state index in [2.05, 4.69) is 0 Å². The van der Waals surface area contributed by atoms with Gasteiger partial charge in [-0.25, -0.2) is 0 Å². The van der Waals surface area contributed by atoms with E-state index in [9.17, 15) is 12.6 Å². The van der Waals surface area contributed by atoms with Crippen molar-refractivity contribution in [1.29, 1.82) is 0 Å². The first kappa shape index (κ1) is 29.2. The molecule has 0 fully saturated rings. The van der Waals surface area contributed by atoms with Crippen molar-refractivity contribution in [1.82, 2.24) is 0 Å². The van der Waals surface area contributed by atoms with Gasteiger partial charge in [-0.05, 0) is 62.3 Å². The molecule has 0 aromatic heterocycles. The Bertz CT molecular complexity index is 409. The van der Waals surface area contributed by atoms with E-state index >= 15 is 0 Å². The molecule has 0 aromatic carbocycles. The molecule has 0 heterocycles. The second-order valence-corrected chi connectivity index (χ2v) is 16.2. The molecule has 0 rings (SSSR count). The number of hydrogen-bond acceptors (Lipinski definition) is 3. The van der Waals surface area contributed by atoms with Crippen LogP contribution in [0.2, 0.25) is 0 Å². The zero-order valence-corrected chi connectivity index (χ0v) is 20.7. The van der Waals surface area contributed by atoms with Crippen molar-refractivity contribution in [3.63, 3.8) is 0 Å². The van der Waals surface area contributed by atoms with E-state index in [4.69, 9.17) is 0 Å². The summed E-state index contributed by atoms with van der Waals surface area (Å²) in [7, 11) is -2.02. The molecule has 0 amide bonds. The first-order valence-corrected chi connectivity index (χ1v) is 12.5. The number of hydrogen-bond donors (Lipinski definition) is 0. The van der Waals surface area contributed by atoms with E-state index in [1.165, 1.54) is 0 Å². The highest BCUT2D eigenvalue weighted by atomic mass is 32.2. The van der Waals surface area contributed by atoms with Gasteiger partial charge in [0.1, 0.15) is 0 Å². The lowest BCUT2D eigenvalue weighted by molar-refractivity contribution is 0.641. The van der Waals surface area contributed by atoms with Crippen molar-refractivity contribution < 1.29 is 12.6 Å². The predicted octanol–water partition coefficient (Wildman–Crippen LogP) is 4.66. The third-order valence-electron chi connectivity index (χ3n) is 2.84. The van der Waals surface area contributed by atoms with E-state index in [1.807, 2.05) is 83.1 Å². The average Bonchev–Trinajstić information content (AvgIpc) is 2.34. The Labute approximate surface area is 159 Å². The summed E-state index contributed by atoms with van der Waals surface area (Å²) in [5, 5.41) is 0.282. The van der Waals surface area contributed by atoms with Gasteiger partial charge in [0.15, 0.2) is 0 Å². The lowest BCUT2D eigenvalue weighted by Gasteiger charge is -2.19. The highest BCUT2D eigenvalue weighted by molar-refractivity contribution is 7.87. The third-order valence-corrected chi connectivity index (χ3v) is 8.52. The first-order valence-electron chi connectivity index (χ1n) is 8.41. The normalized spacial score (nSPS) is 16.2. The smallest absolute Gasteiger partial charge is 0.0377 e. The fourth-order valence-electron chi connectivity index (χ4n) is 1.14. The van der Waals surface area contributed by atoms with Crippen LogP contribution in [0.3, 0.4) is 0 Å². The molecule has 0 bridgehead atoms. The molecule has 0 aliphatic heterocycles. The van der Waals surface area contributed by atoms with Gasteiger partial charge < -0.3 is 0 Å². The van der Waals surface area contributed by atoms with Crippen molar-refractivity contribution >= 4 is 32.4 Å². The van der Waals surface area contributed by atoms with Gasteiger partial charge in [0.05, 0.1) is 0 Å². The van der Waals surface area contributed by atoms with Gasteiger partial charge in [-0.1, -0.05) is 20.8 Å². The SMILES string of the molecule is CC(C)S(=O)C(C)(C)C.CCS(=O)C(C)(C)C.CS(=O)C(C)(C)C. The van der Waals surface area contributed by atoms with E-state index < -0.39 is 32.4 Å². The minimum atomic E-state index is -0.689. The molecule has 6 heteroatoms. The van der Waals surface area contributed by atoms with Crippen LogP contribution in [0.1, 0.15) is 83.1 Å². The second kappa shape index (κ2) is 11.9. The molecular formula is C18H42O3S3. The summed E-state index contributed by atoms with van der Waals surface area (Å²) in [6, 6.07) is 0. The van der Waals surface area contributed by atoms with Crippen LogP contribution in [0, 0.1) is 0 Å². The summed E-state index contributed by atoms with van der Waals surface area (Å²) in [5.41, 5.74) is 0. The van der Waals surface area contributed by atoms with E-state index in [0.717, 1.165) is 5.75 Å². The largest absolute Gasteiger partial charge is 0.259 e. The Morgan fingerprint density at radius 1 is 0.708 bits per heavy atom. The van der Waals surface area contributed by atoms with Crippen LogP contribution in [-0.2, 0) is 32.4 Å². The molecule has 3 nitrogen and oxygen atoms in total. The molecule has 0 saturated heterocycles. The maximum atomic E-state index is 11.3. The van der Waals surface area contributed by atoms with Gasteiger partial charge in [0, 0.05) is 63.9 Å². The summed E-state index contributed by atoms with van der Waals surface area (Å²) < 4.78 is 32.7. The van der Waals surface area contributed by atoms with Gasteiger partial charge in [-0.2, -0.15) is 0 Å². The topological polar surface area (TPSA) is 51.2 Å². The van der Waals surface area contributed by atoms with Gasteiger partial charge in [-0.3, -0.25) is 12.6 Å². The Morgan fingerprint density at radius 2 is 1.00 bits per heavy atom. The van der Waals surface area contributed by atoms with Crippen LogP contribution in [0.25, 0.3) is 0 Å². The van der Waals surface area contributed by atoms with Crippen molar-refractivity contribution in [2.24, 2.45) is 0 Å². The summed E-state index contributed by atoms with van der Waals surface area (Å²) in [4.78, 5) is 0. The average molecular weight is 403 g/mol. The maximum Gasteiger partial charge on any atom is 0.0377 e. The zero-order valence-electron chi connectivity index (χ0n) is 18.2. The molecule has 0 aromatic rings. The van der Waals surface area contributed by atoms with Crippen molar-refractivity contribution in [3.8, 4) is 0 Å². The molecule has 3 unspecified atom stereocenters. The van der Waals surface area contributed by atoms with E-state index in [-0.39, 0.29) is 19.5 Å². The van der Waals surface area contributed by atoms with Crippen molar-refractivity contribution in [2.45, 2.75) is 103 Å². The quantitative estimate of drug-likeness (QED) is 0.675. The van der Waals surface area contributed by atoms with Crippen LogP contribution >= 0.6 is 0 Å². The molecule has 3 atom stereocenters. The highest BCUT2D eigenvalue weighted by Gasteiger charge is 2.21. The molecule has 0 spiro atoms. The summed E-state index contributed by atoms with van der Waals surface area (Å²) >= 11 is 0. The molecule has 0 radical (unpaired) electrons. The Morgan fingerprint density at radius 3 is 1.00 bits per heavy atom. The third kappa shape index (κ3) is 17.3. The van der Waals surface area contributed by atoms with Crippen LogP contribution in [0.4, 0.5) is 0 Å². The minimum absolute atomic E-state index is 0.0191. The molecule has 150 valence electrons.